The van der Waals surface area contributed by atoms with Crippen molar-refractivity contribution in [2.75, 3.05) is 0 Å². The number of rotatable bonds is 3. The van der Waals surface area contributed by atoms with Crippen LogP contribution in [-0.2, 0) is 0 Å². The summed E-state index contributed by atoms with van der Waals surface area (Å²) in [6, 6.07) is 9.65. The van der Waals surface area contributed by atoms with Crippen molar-refractivity contribution in [3.8, 4) is 5.75 Å². The van der Waals surface area contributed by atoms with E-state index in [1.807, 2.05) is 36.4 Å². The lowest BCUT2D eigenvalue weighted by atomic mass is 10.3. The molecule has 1 heteroatoms. The molecular formula is C10H11O. The maximum atomic E-state index is 5.23. The fraction of sp³-hybridized carbons (Fsp3) is 0.100. The molecule has 57 valence electrons. The van der Waals surface area contributed by atoms with Crippen molar-refractivity contribution in [3.63, 3.8) is 0 Å². The van der Waals surface area contributed by atoms with Crippen LogP contribution in [0, 0.1) is 6.92 Å². The van der Waals surface area contributed by atoms with E-state index in [0.717, 1.165) is 12.2 Å². The van der Waals surface area contributed by atoms with E-state index in [0.29, 0.717) is 0 Å². The molecule has 0 saturated heterocycles. The minimum atomic E-state index is 0.757. The lowest BCUT2D eigenvalue weighted by Crippen LogP contribution is -1.79. The van der Waals surface area contributed by atoms with Gasteiger partial charge in [0.1, 0.15) is 5.75 Å². The Labute approximate surface area is 67.3 Å². The van der Waals surface area contributed by atoms with E-state index in [4.69, 9.17) is 4.74 Å². The second kappa shape index (κ2) is 4.56. The summed E-state index contributed by atoms with van der Waals surface area (Å²) in [5, 5.41) is 0. The smallest absolute Gasteiger partial charge is 0.126 e. The van der Waals surface area contributed by atoms with E-state index in [-0.39, 0.29) is 0 Å². The molecule has 0 aliphatic heterocycles. The number of hydrogen-bond donors (Lipinski definition) is 0. The van der Waals surface area contributed by atoms with Crippen LogP contribution < -0.4 is 4.74 Å². The van der Waals surface area contributed by atoms with Crippen molar-refractivity contribution < 1.29 is 4.74 Å². The zero-order chi connectivity index (χ0) is 7.94. The molecule has 0 saturated carbocycles. The molecule has 0 aromatic heterocycles. The predicted octanol–water partition coefficient (Wildman–Crippen LogP) is 2.80. The Morgan fingerprint density at radius 1 is 1.27 bits per heavy atom. The Bertz CT molecular complexity index is 214. The van der Waals surface area contributed by atoms with Crippen LogP contribution in [-0.4, -0.2) is 0 Å². The highest BCUT2D eigenvalue weighted by molar-refractivity contribution is 5.21. The van der Waals surface area contributed by atoms with Crippen LogP contribution in [0.15, 0.2) is 42.7 Å². The summed E-state index contributed by atoms with van der Waals surface area (Å²) in [6.07, 6.45) is 4.28. The molecule has 0 aliphatic carbocycles. The highest BCUT2D eigenvalue weighted by atomic mass is 16.5. The minimum absolute atomic E-state index is 0.757. The Hall–Kier alpha value is -1.24. The van der Waals surface area contributed by atoms with Gasteiger partial charge in [0.2, 0.25) is 0 Å². The molecule has 1 radical (unpaired) electrons. The average Bonchev–Trinajstić information content (AvgIpc) is 2.07. The molecule has 1 aromatic rings. The topological polar surface area (TPSA) is 9.23 Å². The van der Waals surface area contributed by atoms with Crippen LogP contribution in [0.3, 0.4) is 0 Å². The third-order valence-electron chi connectivity index (χ3n) is 1.21. The average molecular weight is 147 g/mol. The van der Waals surface area contributed by atoms with Gasteiger partial charge in [-0.2, -0.15) is 0 Å². The van der Waals surface area contributed by atoms with Crippen molar-refractivity contribution in [3.05, 3.63) is 49.6 Å². The first-order valence-electron chi connectivity index (χ1n) is 3.59. The van der Waals surface area contributed by atoms with Gasteiger partial charge in [0.25, 0.3) is 0 Å². The first kappa shape index (κ1) is 7.86. The quantitative estimate of drug-likeness (QED) is 0.597. The normalized spacial score (nSPS) is 10.3. The van der Waals surface area contributed by atoms with E-state index < -0.39 is 0 Å². The Balaban J connectivity index is 2.45. The minimum Gasteiger partial charge on any atom is -0.465 e. The predicted molar refractivity (Wildman–Crippen MR) is 46.2 cm³/mol. The second-order valence-corrected chi connectivity index (χ2v) is 2.09. The van der Waals surface area contributed by atoms with Gasteiger partial charge in [-0.05, 0) is 31.6 Å². The van der Waals surface area contributed by atoms with E-state index in [2.05, 4.69) is 6.92 Å². The monoisotopic (exact) mass is 147 g/mol. The summed E-state index contributed by atoms with van der Waals surface area (Å²) < 4.78 is 5.23. The van der Waals surface area contributed by atoms with Crippen molar-refractivity contribution >= 4 is 0 Å². The van der Waals surface area contributed by atoms with Crippen molar-refractivity contribution in [2.45, 2.75) is 6.42 Å². The van der Waals surface area contributed by atoms with Gasteiger partial charge in [0.15, 0.2) is 0 Å². The Morgan fingerprint density at radius 3 is 2.64 bits per heavy atom. The SMILES string of the molecule is [CH2]CC=COc1ccccc1. The van der Waals surface area contributed by atoms with Crippen LogP contribution in [0.5, 0.6) is 5.75 Å². The molecule has 1 rings (SSSR count). The van der Waals surface area contributed by atoms with E-state index in [1.54, 1.807) is 6.26 Å². The zero-order valence-corrected chi connectivity index (χ0v) is 6.36. The van der Waals surface area contributed by atoms with E-state index in [1.165, 1.54) is 0 Å². The third kappa shape index (κ3) is 2.89. The van der Waals surface area contributed by atoms with E-state index in [9.17, 15) is 0 Å². The van der Waals surface area contributed by atoms with Crippen LogP contribution in [0.2, 0.25) is 0 Å². The zero-order valence-electron chi connectivity index (χ0n) is 6.36. The van der Waals surface area contributed by atoms with Gasteiger partial charge in [-0.3, -0.25) is 0 Å². The summed E-state index contributed by atoms with van der Waals surface area (Å²) in [4.78, 5) is 0. The van der Waals surface area contributed by atoms with Gasteiger partial charge in [-0.25, -0.2) is 0 Å². The summed E-state index contributed by atoms with van der Waals surface area (Å²) in [5.74, 6) is 0.859. The molecule has 0 heterocycles. The maximum Gasteiger partial charge on any atom is 0.126 e. The van der Waals surface area contributed by atoms with Gasteiger partial charge in [0, 0.05) is 0 Å². The first-order chi connectivity index (χ1) is 5.43. The number of allylic oxidation sites excluding steroid dienone is 1. The molecular weight excluding hydrogens is 136 g/mol. The molecule has 0 unspecified atom stereocenters. The summed E-state index contributed by atoms with van der Waals surface area (Å²) in [6.45, 7) is 3.65. The standard InChI is InChI=1S/C10H11O/c1-2-3-9-11-10-7-5-4-6-8-10/h3-9H,1-2H2. The molecule has 0 spiro atoms. The lowest BCUT2D eigenvalue weighted by molar-refractivity contribution is 0.479. The van der Waals surface area contributed by atoms with Crippen molar-refractivity contribution in [2.24, 2.45) is 0 Å². The molecule has 0 aliphatic rings. The molecule has 0 bridgehead atoms. The molecule has 1 aromatic carbocycles. The summed E-state index contributed by atoms with van der Waals surface area (Å²) in [5.41, 5.74) is 0. The lowest BCUT2D eigenvalue weighted by Gasteiger charge is -1.96. The van der Waals surface area contributed by atoms with Crippen LogP contribution in [0.4, 0.5) is 0 Å². The van der Waals surface area contributed by atoms with Crippen LogP contribution >= 0.6 is 0 Å². The van der Waals surface area contributed by atoms with Gasteiger partial charge >= 0.3 is 0 Å². The molecule has 0 amide bonds. The number of para-hydroxylation sites is 1. The third-order valence-corrected chi connectivity index (χ3v) is 1.21. The largest absolute Gasteiger partial charge is 0.465 e. The number of benzene rings is 1. The van der Waals surface area contributed by atoms with Crippen LogP contribution in [0.25, 0.3) is 0 Å². The van der Waals surface area contributed by atoms with Gasteiger partial charge in [0.05, 0.1) is 6.26 Å². The molecule has 0 fully saturated rings. The van der Waals surface area contributed by atoms with Gasteiger partial charge < -0.3 is 4.74 Å². The van der Waals surface area contributed by atoms with Crippen molar-refractivity contribution in [1.82, 2.24) is 0 Å². The molecule has 1 nitrogen and oxygen atoms in total. The molecule has 11 heavy (non-hydrogen) atoms. The van der Waals surface area contributed by atoms with Gasteiger partial charge in [-0.15, -0.1) is 0 Å². The second-order valence-electron chi connectivity index (χ2n) is 2.09. The highest BCUT2D eigenvalue weighted by Gasteiger charge is 1.83. The highest BCUT2D eigenvalue weighted by Crippen LogP contribution is 2.08. The Morgan fingerprint density at radius 2 is 2.00 bits per heavy atom. The van der Waals surface area contributed by atoms with E-state index >= 15 is 0 Å². The summed E-state index contributed by atoms with van der Waals surface area (Å²) >= 11 is 0. The first-order valence-corrected chi connectivity index (χ1v) is 3.59. The van der Waals surface area contributed by atoms with Gasteiger partial charge in [-0.1, -0.05) is 18.2 Å². The fourth-order valence-electron chi connectivity index (χ4n) is 0.694. The maximum absolute atomic E-state index is 5.23. The number of ether oxygens (including phenoxy) is 1. The summed E-state index contributed by atoms with van der Waals surface area (Å²) in [7, 11) is 0. The van der Waals surface area contributed by atoms with Crippen LogP contribution in [0.1, 0.15) is 6.42 Å². The Kier molecular flexibility index (Phi) is 3.26. The number of hydrogen-bond acceptors (Lipinski definition) is 1. The van der Waals surface area contributed by atoms with Crippen molar-refractivity contribution in [1.29, 1.82) is 0 Å². The molecule has 0 atom stereocenters. The fourth-order valence-corrected chi connectivity index (χ4v) is 0.694. The molecule has 0 N–H and O–H groups in total.